The lowest BCUT2D eigenvalue weighted by Gasteiger charge is -2.01. The first-order valence-corrected chi connectivity index (χ1v) is 3.43. The minimum absolute atomic E-state index is 0. The van der Waals surface area contributed by atoms with E-state index in [0.717, 1.165) is 11.3 Å². The Morgan fingerprint density at radius 3 is 2.33 bits per heavy atom. The lowest BCUT2D eigenvalue weighted by atomic mass is 10.2. The van der Waals surface area contributed by atoms with Crippen molar-refractivity contribution in [3.63, 3.8) is 0 Å². The Hall–Kier alpha value is -0.770. The standard InChI is InChI=1S/C8H12N2O.ClH/c1-11-8-4-2-7(3-5-8)6-10-9;/h2-5,10H,6,9H2,1H3;1H/p-1. The Balaban J connectivity index is 0.00000121. The number of methoxy groups -OCH3 is 1. The van der Waals surface area contributed by atoms with Crippen LogP contribution >= 0.6 is 0 Å². The summed E-state index contributed by atoms with van der Waals surface area (Å²) in [7, 11) is 1.65. The third-order valence-corrected chi connectivity index (χ3v) is 1.47. The normalized spacial score (nSPS) is 8.83. The Bertz CT molecular complexity index is 213. The highest BCUT2D eigenvalue weighted by atomic mass is 35.5. The Labute approximate surface area is 78.3 Å². The fraction of sp³-hybridized carbons (Fsp3) is 0.250. The molecular weight excluding hydrogens is 176 g/mol. The highest BCUT2D eigenvalue weighted by Gasteiger charge is 1.91. The molecule has 1 aromatic carbocycles. The summed E-state index contributed by atoms with van der Waals surface area (Å²) >= 11 is 0. The van der Waals surface area contributed by atoms with Crippen molar-refractivity contribution in [2.45, 2.75) is 6.54 Å². The summed E-state index contributed by atoms with van der Waals surface area (Å²) in [6, 6.07) is 7.76. The van der Waals surface area contributed by atoms with Gasteiger partial charge in [0.15, 0.2) is 0 Å². The minimum Gasteiger partial charge on any atom is -1.00 e. The van der Waals surface area contributed by atoms with Crippen molar-refractivity contribution in [2.24, 2.45) is 5.84 Å². The molecule has 0 unspecified atom stereocenters. The molecule has 0 saturated heterocycles. The molecule has 68 valence electrons. The quantitative estimate of drug-likeness (QED) is 0.412. The molecule has 0 aliphatic carbocycles. The van der Waals surface area contributed by atoms with Gasteiger partial charge in [-0.05, 0) is 17.7 Å². The van der Waals surface area contributed by atoms with Crippen LogP contribution in [0.1, 0.15) is 5.56 Å². The van der Waals surface area contributed by atoms with Gasteiger partial charge in [0.1, 0.15) is 5.75 Å². The lowest BCUT2D eigenvalue weighted by Crippen LogP contribution is -3.00. The number of nitrogens with one attached hydrogen (secondary N) is 1. The van der Waals surface area contributed by atoms with Gasteiger partial charge in [-0.2, -0.15) is 0 Å². The summed E-state index contributed by atoms with van der Waals surface area (Å²) in [6.45, 7) is 0.685. The lowest BCUT2D eigenvalue weighted by molar-refractivity contribution is -0.00000271. The smallest absolute Gasteiger partial charge is 0.118 e. The van der Waals surface area contributed by atoms with Crippen LogP contribution in [0.25, 0.3) is 0 Å². The average molecular weight is 188 g/mol. The zero-order valence-corrected chi connectivity index (χ0v) is 7.64. The number of hydrogen-bond acceptors (Lipinski definition) is 3. The van der Waals surface area contributed by atoms with E-state index >= 15 is 0 Å². The first-order chi connectivity index (χ1) is 5.36. The number of hydrazine groups is 1. The van der Waals surface area contributed by atoms with E-state index < -0.39 is 0 Å². The third kappa shape index (κ3) is 3.09. The number of halogens is 1. The average Bonchev–Trinajstić information content (AvgIpc) is 2.07. The topological polar surface area (TPSA) is 47.3 Å². The molecule has 3 nitrogen and oxygen atoms in total. The number of hydrogen-bond donors (Lipinski definition) is 2. The Kier molecular flexibility index (Phi) is 5.45. The molecule has 0 spiro atoms. The predicted molar refractivity (Wildman–Crippen MR) is 44.0 cm³/mol. The molecule has 0 saturated carbocycles. The van der Waals surface area contributed by atoms with Gasteiger partial charge in [0.05, 0.1) is 7.11 Å². The second-order valence-corrected chi connectivity index (χ2v) is 2.23. The van der Waals surface area contributed by atoms with Gasteiger partial charge in [-0.25, -0.2) is 0 Å². The van der Waals surface area contributed by atoms with Crippen molar-refractivity contribution < 1.29 is 17.1 Å². The molecular formula is C8H12ClN2O-. The van der Waals surface area contributed by atoms with Crippen LogP contribution in [0, 0.1) is 0 Å². The molecule has 0 atom stereocenters. The van der Waals surface area contributed by atoms with E-state index in [1.54, 1.807) is 7.11 Å². The van der Waals surface area contributed by atoms with Gasteiger partial charge in [0, 0.05) is 6.54 Å². The van der Waals surface area contributed by atoms with Gasteiger partial charge in [-0.1, -0.05) is 12.1 Å². The molecule has 0 fully saturated rings. The number of rotatable bonds is 3. The van der Waals surface area contributed by atoms with Crippen LogP contribution in [0.15, 0.2) is 24.3 Å². The molecule has 0 amide bonds. The SMILES string of the molecule is COc1ccc(CNN)cc1.[Cl-]. The zero-order chi connectivity index (χ0) is 8.10. The van der Waals surface area contributed by atoms with E-state index in [1.165, 1.54) is 0 Å². The molecule has 4 heteroatoms. The Morgan fingerprint density at radius 2 is 1.92 bits per heavy atom. The number of ether oxygens (including phenoxy) is 1. The molecule has 0 radical (unpaired) electrons. The first kappa shape index (κ1) is 11.2. The second-order valence-electron chi connectivity index (χ2n) is 2.23. The van der Waals surface area contributed by atoms with Crippen molar-refractivity contribution in [1.29, 1.82) is 0 Å². The molecule has 1 rings (SSSR count). The Morgan fingerprint density at radius 1 is 1.33 bits per heavy atom. The van der Waals surface area contributed by atoms with Gasteiger partial charge >= 0.3 is 0 Å². The van der Waals surface area contributed by atoms with E-state index in [4.69, 9.17) is 10.6 Å². The second kappa shape index (κ2) is 5.83. The van der Waals surface area contributed by atoms with Gasteiger partial charge < -0.3 is 17.1 Å². The van der Waals surface area contributed by atoms with Gasteiger partial charge in [-0.15, -0.1) is 0 Å². The van der Waals surface area contributed by atoms with Crippen molar-refractivity contribution in [1.82, 2.24) is 5.43 Å². The van der Waals surface area contributed by atoms with Crippen LogP contribution in [0.4, 0.5) is 0 Å². The summed E-state index contributed by atoms with van der Waals surface area (Å²) in [6.07, 6.45) is 0. The molecule has 0 aromatic heterocycles. The molecule has 0 aliphatic heterocycles. The first-order valence-electron chi connectivity index (χ1n) is 3.43. The summed E-state index contributed by atoms with van der Waals surface area (Å²) in [4.78, 5) is 0. The summed E-state index contributed by atoms with van der Waals surface area (Å²) in [5, 5.41) is 0. The van der Waals surface area contributed by atoms with Crippen LogP contribution in [-0.2, 0) is 6.54 Å². The monoisotopic (exact) mass is 187 g/mol. The van der Waals surface area contributed by atoms with E-state index in [2.05, 4.69) is 5.43 Å². The summed E-state index contributed by atoms with van der Waals surface area (Å²) in [5.41, 5.74) is 3.73. The molecule has 0 heterocycles. The largest absolute Gasteiger partial charge is 1.00 e. The van der Waals surface area contributed by atoms with E-state index in [-0.39, 0.29) is 12.4 Å². The molecule has 3 N–H and O–H groups in total. The maximum Gasteiger partial charge on any atom is 0.118 e. The molecule has 1 aromatic rings. The van der Waals surface area contributed by atoms with Crippen LogP contribution in [0.3, 0.4) is 0 Å². The third-order valence-electron chi connectivity index (χ3n) is 1.47. The number of benzene rings is 1. The van der Waals surface area contributed by atoms with E-state index in [9.17, 15) is 0 Å². The maximum absolute atomic E-state index is 5.15. The van der Waals surface area contributed by atoms with Crippen LogP contribution in [0.2, 0.25) is 0 Å². The van der Waals surface area contributed by atoms with Crippen molar-refractivity contribution in [3.05, 3.63) is 29.8 Å². The maximum atomic E-state index is 5.15. The van der Waals surface area contributed by atoms with E-state index in [1.807, 2.05) is 24.3 Å². The van der Waals surface area contributed by atoms with Gasteiger partial charge in [-0.3, -0.25) is 11.3 Å². The van der Waals surface area contributed by atoms with Crippen LogP contribution in [0.5, 0.6) is 5.75 Å². The van der Waals surface area contributed by atoms with Crippen molar-refractivity contribution in [2.75, 3.05) is 7.11 Å². The highest BCUT2D eigenvalue weighted by molar-refractivity contribution is 5.26. The molecule has 0 bridgehead atoms. The molecule has 0 aliphatic rings. The number of nitrogens with two attached hydrogens (primary N) is 1. The van der Waals surface area contributed by atoms with E-state index in [0.29, 0.717) is 6.54 Å². The van der Waals surface area contributed by atoms with Crippen molar-refractivity contribution >= 4 is 0 Å². The molecule has 12 heavy (non-hydrogen) atoms. The highest BCUT2D eigenvalue weighted by Crippen LogP contribution is 2.10. The van der Waals surface area contributed by atoms with Gasteiger partial charge in [0.2, 0.25) is 0 Å². The van der Waals surface area contributed by atoms with Crippen LogP contribution in [-0.4, -0.2) is 7.11 Å². The fourth-order valence-corrected chi connectivity index (χ4v) is 0.861. The zero-order valence-electron chi connectivity index (χ0n) is 6.88. The summed E-state index contributed by atoms with van der Waals surface area (Å²) in [5.74, 6) is 6.02. The summed E-state index contributed by atoms with van der Waals surface area (Å²) < 4.78 is 5.00. The van der Waals surface area contributed by atoms with Crippen molar-refractivity contribution in [3.8, 4) is 5.75 Å². The van der Waals surface area contributed by atoms with Crippen LogP contribution < -0.4 is 28.4 Å². The van der Waals surface area contributed by atoms with Gasteiger partial charge in [0.25, 0.3) is 0 Å². The minimum atomic E-state index is 0. The predicted octanol–water partition coefficient (Wildman–Crippen LogP) is -2.34. The fourth-order valence-electron chi connectivity index (χ4n) is 0.861.